The first-order valence-electron chi connectivity index (χ1n) is 6.81. The van der Waals surface area contributed by atoms with Crippen LogP contribution in [0.3, 0.4) is 0 Å². The molecule has 2 N–H and O–H groups in total. The second-order valence-electron chi connectivity index (χ2n) is 5.24. The predicted molar refractivity (Wildman–Crippen MR) is 78.3 cm³/mol. The highest BCUT2D eigenvalue weighted by molar-refractivity contribution is 7.89. The molecule has 1 aromatic heterocycles. The van der Waals surface area contributed by atoms with E-state index in [0.29, 0.717) is 0 Å². The van der Waals surface area contributed by atoms with Gasteiger partial charge in [-0.1, -0.05) is 0 Å². The van der Waals surface area contributed by atoms with Gasteiger partial charge in [-0.25, -0.2) is 13.6 Å². The molecule has 7 nitrogen and oxygen atoms in total. The first-order valence-corrected chi connectivity index (χ1v) is 9.28. The van der Waals surface area contributed by atoms with Crippen LogP contribution in [0.1, 0.15) is 22.5 Å². The number of hydrogen-bond acceptors (Lipinski definition) is 5. The van der Waals surface area contributed by atoms with Gasteiger partial charge >= 0.3 is 0 Å². The van der Waals surface area contributed by atoms with Gasteiger partial charge in [-0.3, -0.25) is 0 Å². The molecule has 0 aliphatic heterocycles. The zero-order valence-electron chi connectivity index (χ0n) is 13.7. The second kappa shape index (κ2) is 8.02. The third kappa shape index (κ3) is 5.23. The average molecular weight is 375 g/mol. The van der Waals surface area contributed by atoms with Gasteiger partial charge in [0.05, 0.1) is 15.7 Å². The van der Waals surface area contributed by atoms with Crippen LogP contribution in [0.4, 0.5) is 0 Å². The van der Waals surface area contributed by atoms with Crippen molar-refractivity contribution in [2.75, 3.05) is 0 Å². The molecule has 2 aromatic rings. The quantitative estimate of drug-likeness (QED) is 0.624. The molecule has 0 bridgehead atoms. The summed E-state index contributed by atoms with van der Waals surface area (Å²) < 4.78 is 49.9. The van der Waals surface area contributed by atoms with Crippen LogP contribution in [-0.2, 0) is 10.0 Å². The van der Waals surface area contributed by atoms with Gasteiger partial charge in [0, 0.05) is 37.6 Å². The zero-order valence-corrected chi connectivity index (χ0v) is 15.3. The Kier molecular flexibility index (Phi) is 6.85. The SMILES string of the molecule is Cc1cc(C)[n+](-c2ccc(S(N)(=O)=O)cc2)c(C)c1C.[O-][Cl+2]([O-])[O-]. The van der Waals surface area contributed by atoms with E-state index in [1.54, 1.807) is 12.1 Å². The van der Waals surface area contributed by atoms with Crippen LogP contribution in [0, 0.1) is 38.5 Å². The zero-order chi connectivity index (χ0) is 18.7. The van der Waals surface area contributed by atoms with Crippen molar-refractivity contribution in [1.29, 1.82) is 0 Å². The monoisotopic (exact) mass is 374 g/mol. The standard InChI is InChI=1S/C15H19N2O2S.ClO3/c1-10-9-11(2)17(13(4)12(10)3)14-5-7-15(8-6-14)20(16,18)19;2-1(3)4/h5-9H,1-4H3,(H2,16,18,19);/q+1;-1. The van der Waals surface area contributed by atoms with Crippen LogP contribution >= 0.6 is 0 Å². The van der Waals surface area contributed by atoms with Gasteiger partial charge in [-0.05, 0) is 31.5 Å². The summed E-state index contributed by atoms with van der Waals surface area (Å²) >= 11 is 0. The smallest absolute Gasteiger partial charge is 0.238 e. The van der Waals surface area contributed by atoms with Crippen molar-refractivity contribution < 1.29 is 37.7 Å². The summed E-state index contributed by atoms with van der Waals surface area (Å²) in [5.74, 6) is 0. The van der Waals surface area contributed by atoms with E-state index in [2.05, 4.69) is 31.4 Å². The Morgan fingerprint density at radius 3 is 1.88 bits per heavy atom. The Bertz CT molecular complexity index is 818. The molecule has 0 saturated carbocycles. The highest BCUT2D eigenvalue weighted by atomic mass is 35.6. The van der Waals surface area contributed by atoms with Gasteiger partial charge in [-0.15, -0.1) is 0 Å². The molecule has 1 aromatic carbocycles. The van der Waals surface area contributed by atoms with E-state index in [1.165, 1.54) is 23.3 Å². The highest BCUT2D eigenvalue weighted by Crippen LogP contribution is 2.14. The summed E-state index contributed by atoms with van der Waals surface area (Å²) in [6.45, 7) is 8.26. The first-order chi connectivity index (χ1) is 10.9. The second-order valence-corrected chi connectivity index (χ2v) is 7.18. The van der Waals surface area contributed by atoms with Gasteiger partial charge < -0.3 is 14.0 Å². The van der Waals surface area contributed by atoms with Gasteiger partial charge in [0.1, 0.15) is 0 Å². The van der Waals surface area contributed by atoms with Crippen LogP contribution < -0.4 is 23.7 Å². The maximum Gasteiger partial charge on any atom is 0.238 e. The Hall–Kier alpha value is -1.55. The number of benzene rings is 1. The Morgan fingerprint density at radius 1 is 1.00 bits per heavy atom. The van der Waals surface area contributed by atoms with Gasteiger partial charge in [0.2, 0.25) is 15.7 Å². The minimum Gasteiger partial charge on any atom is -0.357 e. The molecule has 9 heteroatoms. The van der Waals surface area contributed by atoms with Crippen LogP contribution in [-0.4, -0.2) is 8.42 Å². The molecule has 0 fully saturated rings. The number of rotatable bonds is 2. The van der Waals surface area contributed by atoms with E-state index < -0.39 is 20.8 Å². The molecule has 132 valence electrons. The van der Waals surface area contributed by atoms with Crippen molar-refractivity contribution in [1.82, 2.24) is 0 Å². The Labute approximate surface area is 144 Å². The van der Waals surface area contributed by atoms with Gasteiger partial charge in [0.25, 0.3) is 0 Å². The molecule has 1 heterocycles. The van der Waals surface area contributed by atoms with E-state index in [4.69, 9.17) is 19.1 Å². The molecule has 0 aliphatic rings. The molecule has 0 amide bonds. The van der Waals surface area contributed by atoms with Gasteiger partial charge in [-0.2, -0.15) is 4.57 Å². The molecule has 0 saturated heterocycles. The lowest BCUT2D eigenvalue weighted by atomic mass is 10.1. The van der Waals surface area contributed by atoms with Crippen molar-refractivity contribution in [2.24, 2.45) is 5.14 Å². The van der Waals surface area contributed by atoms with Crippen LogP contribution in [0.5, 0.6) is 0 Å². The molecule has 0 unspecified atom stereocenters. The van der Waals surface area contributed by atoms with E-state index >= 15 is 0 Å². The third-order valence-corrected chi connectivity index (χ3v) is 4.60. The lowest BCUT2D eigenvalue weighted by Gasteiger charge is -2.08. The number of nitrogens with two attached hydrogens (primary N) is 1. The molecular formula is C15H19ClN2O5S. The molecule has 2 rings (SSSR count). The lowest BCUT2D eigenvalue weighted by Crippen LogP contribution is -2.42. The number of halogens is 1. The fraction of sp³-hybridized carbons (Fsp3) is 0.267. The van der Waals surface area contributed by atoms with Crippen molar-refractivity contribution in [2.45, 2.75) is 32.6 Å². The number of aryl methyl sites for hydroxylation is 2. The number of aromatic nitrogens is 1. The molecule has 0 radical (unpaired) electrons. The van der Waals surface area contributed by atoms with Crippen LogP contribution in [0.15, 0.2) is 35.2 Å². The minimum atomic E-state index is -3.65. The van der Waals surface area contributed by atoms with E-state index in [9.17, 15) is 8.42 Å². The first kappa shape index (κ1) is 20.5. The van der Waals surface area contributed by atoms with Gasteiger partial charge in [0.15, 0.2) is 11.4 Å². The molecule has 0 aliphatic carbocycles. The summed E-state index contributed by atoms with van der Waals surface area (Å²) in [6, 6.07) is 8.73. The number of sulfonamides is 1. The normalized spacial score (nSPS) is 11.2. The largest absolute Gasteiger partial charge is 0.357 e. The van der Waals surface area contributed by atoms with Crippen molar-refractivity contribution in [3.63, 3.8) is 0 Å². The highest BCUT2D eigenvalue weighted by Gasteiger charge is 2.19. The van der Waals surface area contributed by atoms with Crippen molar-refractivity contribution in [3.05, 3.63) is 52.8 Å². The maximum atomic E-state index is 11.3. The average Bonchev–Trinajstić information content (AvgIpc) is 2.44. The van der Waals surface area contributed by atoms with E-state index in [-0.39, 0.29) is 4.90 Å². The van der Waals surface area contributed by atoms with Crippen LogP contribution in [0.2, 0.25) is 0 Å². The van der Waals surface area contributed by atoms with Crippen molar-refractivity contribution >= 4 is 10.0 Å². The van der Waals surface area contributed by atoms with Crippen molar-refractivity contribution in [3.8, 4) is 5.69 Å². The Morgan fingerprint density at radius 2 is 1.46 bits per heavy atom. The lowest BCUT2D eigenvalue weighted by molar-refractivity contribution is -1.73. The number of hydrogen-bond donors (Lipinski definition) is 1. The molecule has 0 spiro atoms. The van der Waals surface area contributed by atoms with E-state index in [1.807, 2.05) is 6.92 Å². The fourth-order valence-electron chi connectivity index (χ4n) is 2.39. The number of pyridine rings is 1. The number of nitrogens with zero attached hydrogens (tertiary/aromatic N) is 1. The van der Waals surface area contributed by atoms with E-state index in [0.717, 1.165) is 17.1 Å². The predicted octanol–water partition coefficient (Wildman–Crippen LogP) is -1.72. The maximum absolute atomic E-state index is 11.3. The number of primary sulfonamides is 1. The third-order valence-electron chi connectivity index (χ3n) is 3.67. The minimum absolute atomic E-state index is 0.126. The summed E-state index contributed by atoms with van der Waals surface area (Å²) in [7, 11) is -6.50. The molecule has 24 heavy (non-hydrogen) atoms. The summed E-state index contributed by atoms with van der Waals surface area (Å²) in [6.07, 6.45) is 0. The molecule has 0 atom stereocenters. The summed E-state index contributed by atoms with van der Waals surface area (Å²) in [5.41, 5.74) is 5.65. The fourth-order valence-corrected chi connectivity index (χ4v) is 2.90. The molecular weight excluding hydrogens is 356 g/mol. The van der Waals surface area contributed by atoms with Crippen LogP contribution in [0.25, 0.3) is 5.69 Å². The summed E-state index contributed by atoms with van der Waals surface area (Å²) in [5, 5.41) is 5.11. The topological polar surface area (TPSA) is 133 Å². The summed E-state index contributed by atoms with van der Waals surface area (Å²) in [4.78, 5) is 0.126. The Balaban J connectivity index is 0.000000648.